The molecule has 2 heterocycles. The van der Waals surface area contributed by atoms with Crippen LogP contribution < -0.4 is 0 Å². The molecule has 1 aliphatic rings. The number of likely N-dealkylation sites (tertiary alicyclic amines) is 1. The average Bonchev–Trinajstić information content (AvgIpc) is 3.01. The quantitative estimate of drug-likeness (QED) is 0.935. The Labute approximate surface area is 140 Å². The highest BCUT2D eigenvalue weighted by Crippen LogP contribution is 2.32. The summed E-state index contributed by atoms with van der Waals surface area (Å²) in [5.41, 5.74) is 1.33. The lowest BCUT2D eigenvalue weighted by Gasteiger charge is -2.29. The number of benzene rings is 1. The number of carbonyl (C=O) groups excluding carboxylic acids is 1. The Morgan fingerprint density at radius 1 is 1.33 bits per heavy atom. The van der Waals surface area contributed by atoms with Gasteiger partial charge in [-0.05, 0) is 49.9 Å². The molecule has 0 aliphatic carbocycles. The van der Waals surface area contributed by atoms with Gasteiger partial charge < -0.3 is 14.5 Å². The highest BCUT2D eigenvalue weighted by Gasteiger charge is 2.31. The lowest BCUT2D eigenvalue weighted by Crippen LogP contribution is -2.38. The lowest BCUT2D eigenvalue weighted by molar-refractivity contribution is 0.0647. The number of hydrogen-bond donors (Lipinski definition) is 1. The third kappa shape index (κ3) is 3.19. The number of piperidine rings is 1. The molecule has 1 aliphatic heterocycles. The third-order valence-electron chi connectivity index (χ3n) is 4.53. The van der Waals surface area contributed by atoms with E-state index in [0.29, 0.717) is 35.8 Å². The molecule has 1 atom stereocenters. The molecule has 5 nitrogen and oxygen atoms in total. The van der Waals surface area contributed by atoms with Gasteiger partial charge in [-0.25, -0.2) is 4.39 Å². The molecular weight excluding hydrogens is 311 g/mol. The second-order valence-corrected chi connectivity index (χ2v) is 6.43. The molecule has 1 N–H and O–H groups in total. The zero-order valence-electron chi connectivity index (χ0n) is 13.8. The summed E-state index contributed by atoms with van der Waals surface area (Å²) in [6, 6.07) is 5.72. The molecule has 1 unspecified atom stereocenters. The molecule has 1 aromatic carbocycles. The Bertz CT molecular complexity index is 716. The maximum atomic E-state index is 13.1. The summed E-state index contributed by atoms with van der Waals surface area (Å²) >= 11 is 0. The van der Waals surface area contributed by atoms with Crippen molar-refractivity contribution < 1.29 is 18.8 Å². The Balaban J connectivity index is 1.94. The first-order valence-electron chi connectivity index (χ1n) is 8.20. The molecule has 2 aromatic rings. The minimum absolute atomic E-state index is 0.0684. The van der Waals surface area contributed by atoms with Crippen molar-refractivity contribution in [1.82, 2.24) is 10.1 Å². The molecule has 1 fully saturated rings. The number of amides is 1. The third-order valence-corrected chi connectivity index (χ3v) is 4.53. The predicted octanol–water partition coefficient (Wildman–Crippen LogP) is 3.41. The number of aliphatic hydroxyl groups excluding tert-OH is 1. The first kappa shape index (κ1) is 16.6. The maximum Gasteiger partial charge on any atom is 0.292 e. The van der Waals surface area contributed by atoms with Crippen molar-refractivity contribution >= 4 is 5.91 Å². The van der Waals surface area contributed by atoms with E-state index in [1.165, 1.54) is 12.1 Å². The van der Waals surface area contributed by atoms with Gasteiger partial charge in [-0.3, -0.25) is 4.79 Å². The topological polar surface area (TPSA) is 66.6 Å². The van der Waals surface area contributed by atoms with Crippen molar-refractivity contribution in [1.29, 1.82) is 0 Å². The van der Waals surface area contributed by atoms with E-state index in [9.17, 15) is 14.3 Å². The number of halogens is 1. The number of rotatable bonds is 3. The average molecular weight is 332 g/mol. The van der Waals surface area contributed by atoms with E-state index in [1.54, 1.807) is 24.0 Å². The number of carbonyl (C=O) groups is 1. The highest BCUT2D eigenvalue weighted by molar-refractivity contribution is 5.94. The van der Waals surface area contributed by atoms with Crippen LogP contribution in [-0.4, -0.2) is 34.2 Å². The van der Waals surface area contributed by atoms with Gasteiger partial charge in [-0.15, -0.1) is 0 Å². The van der Waals surface area contributed by atoms with Gasteiger partial charge in [-0.2, -0.15) is 0 Å². The molecule has 0 radical (unpaired) electrons. The minimum atomic E-state index is -0.918. The molecule has 0 bridgehead atoms. The fraction of sp³-hybridized carbons (Fsp3) is 0.444. The molecule has 3 rings (SSSR count). The van der Waals surface area contributed by atoms with Crippen LogP contribution in [0.25, 0.3) is 11.3 Å². The number of aromatic nitrogens is 1. The number of hydrogen-bond acceptors (Lipinski definition) is 4. The second-order valence-electron chi connectivity index (χ2n) is 6.43. The Kier molecular flexibility index (Phi) is 4.66. The van der Waals surface area contributed by atoms with Crippen LogP contribution >= 0.6 is 0 Å². The van der Waals surface area contributed by atoms with E-state index in [1.807, 2.05) is 0 Å². The Morgan fingerprint density at radius 3 is 2.54 bits per heavy atom. The first-order chi connectivity index (χ1) is 11.5. The smallest absolute Gasteiger partial charge is 0.292 e. The predicted molar refractivity (Wildman–Crippen MR) is 86.8 cm³/mol. The lowest BCUT2D eigenvalue weighted by atomic mass is 9.98. The molecule has 0 saturated carbocycles. The maximum absolute atomic E-state index is 13.1. The SMILES string of the molecule is CC1CCN(C(=O)c2onc(-c3ccc(F)cc3)c2C(C)O)CC1. The van der Waals surface area contributed by atoms with Crippen LogP contribution in [0.4, 0.5) is 4.39 Å². The summed E-state index contributed by atoms with van der Waals surface area (Å²) in [6.07, 6.45) is 0.989. The van der Waals surface area contributed by atoms with Crippen LogP contribution in [-0.2, 0) is 0 Å². The van der Waals surface area contributed by atoms with Crippen LogP contribution in [0.1, 0.15) is 48.9 Å². The standard InChI is InChI=1S/C18H21FN2O3/c1-11-7-9-21(10-8-11)18(23)17-15(12(2)22)16(20-24-17)13-3-5-14(19)6-4-13/h3-6,11-12,22H,7-10H2,1-2H3. The Morgan fingerprint density at radius 2 is 1.96 bits per heavy atom. The van der Waals surface area contributed by atoms with E-state index in [-0.39, 0.29) is 17.5 Å². The van der Waals surface area contributed by atoms with Gasteiger partial charge >= 0.3 is 0 Å². The zero-order valence-corrected chi connectivity index (χ0v) is 13.8. The second kappa shape index (κ2) is 6.73. The van der Waals surface area contributed by atoms with Crippen molar-refractivity contribution in [2.24, 2.45) is 5.92 Å². The van der Waals surface area contributed by atoms with E-state index in [0.717, 1.165) is 12.8 Å². The molecule has 6 heteroatoms. The number of aliphatic hydroxyl groups is 1. The molecule has 1 saturated heterocycles. The minimum Gasteiger partial charge on any atom is -0.388 e. The Hall–Kier alpha value is -2.21. The van der Waals surface area contributed by atoms with Gasteiger partial charge in [0.25, 0.3) is 5.91 Å². The highest BCUT2D eigenvalue weighted by atomic mass is 19.1. The van der Waals surface area contributed by atoms with Gasteiger partial charge in [-0.1, -0.05) is 12.1 Å². The summed E-state index contributed by atoms with van der Waals surface area (Å²) in [4.78, 5) is 14.5. The summed E-state index contributed by atoms with van der Waals surface area (Å²) in [7, 11) is 0. The van der Waals surface area contributed by atoms with Crippen LogP contribution in [0, 0.1) is 11.7 Å². The van der Waals surface area contributed by atoms with E-state index in [4.69, 9.17) is 4.52 Å². The van der Waals surface area contributed by atoms with Gasteiger partial charge in [0.15, 0.2) is 0 Å². The normalized spacial score (nSPS) is 17.1. The largest absolute Gasteiger partial charge is 0.388 e. The van der Waals surface area contributed by atoms with Crippen molar-refractivity contribution in [2.45, 2.75) is 32.8 Å². The molecule has 24 heavy (non-hydrogen) atoms. The van der Waals surface area contributed by atoms with Crippen LogP contribution in [0.15, 0.2) is 28.8 Å². The van der Waals surface area contributed by atoms with E-state index < -0.39 is 6.10 Å². The summed E-state index contributed by atoms with van der Waals surface area (Å²) < 4.78 is 18.4. The van der Waals surface area contributed by atoms with Gasteiger partial charge in [0, 0.05) is 18.7 Å². The summed E-state index contributed by atoms with van der Waals surface area (Å²) in [5.74, 6) is 0.0620. The fourth-order valence-corrected chi connectivity index (χ4v) is 3.01. The van der Waals surface area contributed by atoms with Crippen molar-refractivity contribution in [3.05, 3.63) is 41.4 Å². The fourth-order valence-electron chi connectivity index (χ4n) is 3.01. The van der Waals surface area contributed by atoms with Crippen LogP contribution in [0.5, 0.6) is 0 Å². The van der Waals surface area contributed by atoms with Gasteiger partial charge in [0.2, 0.25) is 5.76 Å². The zero-order chi connectivity index (χ0) is 17.3. The number of nitrogens with zero attached hydrogens (tertiary/aromatic N) is 2. The summed E-state index contributed by atoms with van der Waals surface area (Å²) in [6.45, 7) is 5.08. The molecule has 1 aromatic heterocycles. The monoisotopic (exact) mass is 332 g/mol. The van der Waals surface area contributed by atoms with Crippen molar-refractivity contribution in [3.8, 4) is 11.3 Å². The molecule has 0 spiro atoms. The van der Waals surface area contributed by atoms with Crippen LogP contribution in [0.2, 0.25) is 0 Å². The van der Waals surface area contributed by atoms with E-state index in [2.05, 4.69) is 12.1 Å². The van der Waals surface area contributed by atoms with Gasteiger partial charge in [0.1, 0.15) is 11.5 Å². The van der Waals surface area contributed by atoms with Crippen LogP contribution in [0.3, 0.4) is 0 Å². The van der Waals surface area contributed by atoms with E-state index >= 15 is 0 Å². The first-order valence-corrected chi connectivity index (χ1v) is 8.20. The molecular formula is C18H21FN2O3. The van der Waals surface area contributed by atoms with Gasteiger partial charge in [0.05, 0.1) is 11.7 Å². The molecule has 1 amide bonds. The molecule has 128 valence electrons. The van der Waals surface area contributed by atoms with Crippen molar-refractivity contribution in [2.75, 3.05) is 13.1 Å². The van der Waals surface area contributed by atoms with Crippen molar-refractivity contribution in [3.63, 3.8) is 0 Å². The summed E-state index contributed by atoms with van der Waals surface area (Å²) in [5, 5.41) is 14.1.